The van der Waals surface area contributed by atoms with Crippen LogP contribution in [0.2, 0.25) is 5.02 Å². The zero-order valence-corrected chi connectivity index (χ0v) is 12.2. The highest BCUT2D eigenvalue weighted by Gasteiger charge is 2.22. The average molecular weight is 306 g/mol. The van der Waals surface area contributed by atoms with Gasteiger partial charge in [0.05, 0.1) is 0 Å². The van der Waals surface area contributed by atoms with E-state index in [0.29, 0.717) is 21.6 Å². The molecule has 2 N–H and O–H groups in total. The van der Waals surface area contributed by atoms with E-state index in [2.05, 4.69) is 15.3 Å². The van der Waals surface area contributed by atoms with E-state index in [0.717, 1.165) is 11.1 Å². The van der Waals surface area contributed by atoms with Crippen LogP contribution >= 0.6 is 23.4 Å². The molecule has 2 aromatic rings. The Kier molecular flexibility index (Phi) is 3.65. The number of nitrogens with one attached hydrogen (secondary N) is 1. The first-order valence-corrected chi connectivity index (χ1v) is 7.61. The maximum Gasteiger partial charge on any atom is 0.189 e. The standard InChI is InChI=1S/C14H12ClN3OS/c1-20-14-16-7-8-6-10(13(19)17-12(8)18-14)9-4-2-3-5-11(9)15/h2-7,13,19H,1H3,(H,16,17,18). The van der Waals surface area contributed by atoms with Crippen LogP contribution in [0.25, 0.3) is 11.6 Å². The van der Waals surface area contributed by atoms with Crippen LogP contribution in [0.4, 0.5) is 5.82 Å². The van der Waals surface area contributed by atoms with Gasteiger partial charge in [0.1, 0.15) is 5.82 Å². The Morgan fingerprint density at radius 3 is 2.90 bits per heavy atom. The van der Waals surface area contributed by atoms with Crippen LogP contribution < -0.4 is 5.32 Å². The van der Waals surface area contributed by atoms with Crippen LogP contribution in [0, 0.1) is 0 Å². The van der Waals surface area contributed by atoms with E-state index in [1.54, 1.807) is 12.3 Å². The summed E-state index contributed by atoms with van der Waals surface area (Å²) in [7, 11) is 0. The van der Waals surface area contributed by atoms with Gasteiger partial charge in [0, 0.05) is 27.9 Å². The van der Waals surface area contributed by atoms with Crippen LogP contribution in [-0.4, -0.2) is 27.6 Å². The molecule has 1 aromatic heterocycles. The highest BCUT2D eigenvalue weighted by atomic mass is 35.5. The maximum atomic E-state index is 10.3. The second-order valence-electron chi connectivity index (χ2n) is 4.29. The van der Waals surface area contributed by atoms with Crippen LogP contribution in [0.15, 0.2) is 35.6 Å². The highest BCUT2D eigenvalue weighted by Crippen LogP contribution is 2.33. The fraction of sp³-hybridized carbons (Fsp3) is 0.143. The van der Waals surface area contributed by atoms with Crippen LogP contribution in [0.3, 0.4) is 0 Å². The van der Waals surface area contributed by atoms with Crippen molar-refractivity contribution in [3.05, 3.63) is 46.6 Å². The van der Waals surface area contributed by atoms with Gasteiger partial charge in [0.25, 0.3) is 0 Å². The van der Waals surface area contributed by atoms with Gasteiger partial charge in [-0.1, -0.05) is 41.6 Å². The molecule has 1 aliphatic rings. The van der Waals surface area contributed by atoms with Crippen molar-refractivity contribution in [2.75, 3.05) is 11.6 Å². The molecule has 0 saturated carbocycles. The molecule has 4 nitrogen and oxygen atoms in total. The monoisotopic (exact) mass is 305 g/mol. The number of hydrogen-bond donors (Lipinski definition) is 2. The summed E-state index contributed by atoms with van der Waals surface area (Å²) in [5.41, 5.74) is 2.35. The lowest BCUT2D eigenvalue weighted by Crippen LogP contribution is -2.25. The Balaban J connectivity index is 2.08. The molecular weight excluding hydrogens is 294 g/mol. The molecule has 20 heavy (non-hydrogen) atoms. The van der Waals surface area contributed by atoms with Crippen molar-refractivity contribution >= 4 is 40.8 Å². The van der Waals surface area contributed by atoms with Crippen molar-refractivity contribution in [2.24, 2.45) is 0 Å². The Labute approximate surface area is 125 Å². The number of thioether (sulfide) groups is 1. The summed E-state index contributed by atoms with van der Waals surface area (Å²) in [4.78, 5) is 8.57. The van der Waals surface area contributed by atoms with Gasteiger partial charge >= 0.3 is 0 Å². The third-order valence-electron chi connectivity index (χ3n) is 3.04. The number of aliphatic hydroxyl groups is 1. The van der Waals surface area contributed by atoms with Crippen LogP contribution in [0.5, 0.6) is 0 Å². The molecule has 0 bridgehead atoms. The third-order valence-corrected chi connectivity index (χ3v) is 3.93. The Bertz CT molecular complexity index is 690. The fourth-order valence-corrected chi connectivity index (χ4v) is 2.65. The molecule has 0 amide bonds. The van der Waals surface area contributed by atoms with E-state index in [-0.39, 0.29) is 0 Å². The van der Waals surface area contributed by atoms with Gasteiger partial charge in [-0.05, 0) is 18.4 Å². The Hall–Kier alpha value is -1.56. The van der Waals surface area contributed by atoms with Crippen molar-refractivity contribution in [1.82, 2.24) is 9.97 Å². The van der Waals surface area contributed by atoms with E-state index in [4.69, 9.17) is 11.6 Å². The van der Waals surface area contributed by atoms with Gasteiger partial charge in [0.2, 0.25) is 0 Å². The summed E-state index contributed by atoms with van der Waals surface area (Å²) in [5.74, 6) is 0.632. The van der Waals surface area contributed by atoms with Crippen LogP contribution in [0.1, 0.15) is 11.1 Å². The number of halogens is 1. The molecule has 0 saturated heterocycles. The first-order chi connectivity index (χ1) is 9.69. The topological polar surface area (TPSA) is 58.0 Å². The van der Waals surface area contributed by atoms with Gasteiger partial charge in [-0.3, -0.25) is 0 Å². The van der Waals surface area contributed by atoms with Crippen molar-refractivity contribution in [3.63, 3.8) is 0 Å². The molecule has 0 fully saturated rings. The second kappa shape index (κ2) is 5.44. The smallest absolute Gasteiger partial charge is 0.189 e. The van der Waals surface area contributed by atoms with Gasteiger partial charge in [-0.25, -0.2) is 9.97 Å². The number of aromatic nitrogens is 2. The molecule has 1 unspecified atom stereocenters. The number of fused-ring (bicyclic) bond motifs is 1. The molecule has 0 spiro atoms. The molecule has 1 atom stereocenters. The highest BCUT2D eigenvalue weighted by molar-refractivity contribution is 7.98. The summed E-state index contributed by atoms with van der Waals surface area (Å²) >= 11 is 7.64. The number of hydrogen-bond acceptors (Lipinski definition) is 5. The molecule has 2 heterocycles. The van der Waals surface area contributed by atoms with E-state index in [1.807, 2.05) is 30.5 Å². The molecule has 1 aromatic carbocycles. The maximum absolute atomic E-state index is 10.3. The second-order valence-corrected chi connectivity index (χ2v) is 5.47. The lowest BCUT2D eigenvalue weighted by Gasteiger charge is -2.24. The van der Waals surface area contributed by atoms with E-state index < -0.39 is 6.23 Å². The first-order valence-electron chi connectivity index (χ1n) is 6.01. The lowest BCUT2D eigenvalue weighted by atomic mass is 9.99. The minimum Gasteiger partial charge on any atom is -0.369 e. The molecular formula is C14H12ClN3OS. The quantitative estimate of drug-likeness (QED) is 0.659. The fourth-order valence-electron chi connectivity index (χ4n) is 2.07. The number of nitrogens with zero attached hydrogens (tertiary/aromatic N) is 2. The normalized spacial score (nSPS) is 17.1. The van der Waals surface area contributed by atoms with Crippen molar-refractivity contribution in [2.45, 2.75) is 11.4 Å². The minimum atomic E-state index is -0.841. The molecule has 6 heteroatoms. The minimum absolute atomic E-state index is 0.602. The van der Waals surface area contributed by atoms with Gasteiger partial charge in [0.15, 0.2) is 11.4 Å². The lowest BCUT2D eigenvalue weighted by molar-refractivity contribution is 0.260. The number of anilines is 1. The Morgan fingerprint density at radius 2 is 2.15 bits per heavy atom. The average Bonchev–Trinajstić information content (AvgIpc) is 2.47. The summed E-state index contributed by atoms with van der Waals surface area (Å²) in [6.45, 7) is 0. The summed E-state index contributed by atoms with van der Waals surface area (Å²) in [6, 6.07) is 7.42. The molecule has 3 rings (SSSR count). The molecule has 1 aliphatic heterocycles. The predicted octanol–water partition coefficient (Wildman–Crippen LogP) is 3.14. The molecule has 102 valence electrons. The first kappa shape index (κ1) is 13.4. The van der Waals surface area contributed by atoms with E-state index in [9.17, 15) is 5.11 Å². The van der Waals surface area contributed by atoms with E-state index in [1.165, 1.54) is 11.8 Å². The van der Waals surface area contributed by atoms with Crippen molar-refractivity contribution in [1.29, 1.82) is 0 Å². The number of rotatable bonds is 2. The van der Waals surface area contributed by atoms with Gasteiger partial charge in [-0.15, -0.1) is 0 Å². The summed E-state index contributed by atoms with van der Waals surface area (Å²) < 4.78 is 0. The van der Waals surface area contributed by atoms with Gasteiger partial charge in [-0.2, -0.15) is 0 Å². The largest absolute Gasteiger partial charge is 0.369 e. The van der Waals surface area contributed by atoms with Crippen molar-refractivity contribution in [3.8, 4) is 0 Å². The van der Waals surface area contributed by atoms with Crippen molar-refractivity contribution < 1.29 is 5.11 Å². The third kappa shape index (κ3) is 2.40. The number of benzene rings is 1. The zero-order valence-electron chi connectivity index (χ0n) is 10.7. The van der Waals surface area contributed by atoms with Gasteiger partial charge < -0.3 is 10.4 Å². The van der Waals surface area contributed by atoms with E-state index >= 15 is 0 Å². The molecule has 0 aliphatic carbocycles. The molecule has 0 radical (unpaired) electrons. The van der Waals surface area contributed by atoms with Crippen LogP contribution in [-0.2, 0) is 0 Å². The SMILES string of the molecule is CSc1ncc2c(n1)NC(O)C(c1ccccc1Cl)=C2. The summed E-state index contributed by atoms with van der Waals surface area (Å²) in [5, 5.41) is 14.5. The summed E-state index contributed by atoms with van der Waals surface area (Å²) in [6.07, 6.45) is 4.67. The predicted molar refractivity (Wildman–Crippen MR) is 82.8 cm³/mol. The Morgan fingerprint density at radius 1 is 1.35 bits per heavy atom. The zero-order chi connectivity index (χ0) is 14.1. The number of aliphatic hydroxyl groups excluding tert-OH is 1.